The van der Waals surface area contributed by atoms with Gasteiger partial charge in [-0.25, -0.2) is 0 Å². The number of hydrogen-bond acceptors (Lipinski definition) is 4. The lowest BCUT2D eigenvalue weighted by atomic mass is 9.93. The number of nitrogens with one attached hydrogen (secondary N) is 1. The fourth-order valence-corrected chi connectivity index (χ4v) is 2.60. The predicted molar refractivity (Wildman–Crippen MR) is 74.6 cm³/mol. The van der Waals surface area contributed by atoms with Crippen LogP contribution in [0.4, 0.5) is 0 Å². The van der Waals surface area contributed by atoms with Crippen molar-refractivity contribution in [3.05, 3.63) is 23.8 Å². The molecular formula is C15H23NO3. The van der Waals surface area contributed by atoms with Crippen LogP contribution in [0.5, 0.6) is 11.5 Å². The molecule has 4 nitrogen and oxygen atoms in total. The maximum absolute atomic E-state index is 9.65. The summed E-state index contributed by atoms with van der Waals surface area (Å²) in [4.78, 5) is 0. The van der Waals surface area contributed by atoms with Crippen LogP contribution >= 0.6 is 0 Å². The van der Waals surface area contributed by atoms with Crippen LogP contribution in [0.1, 0.15) is 31.2 Å². The fraction of sp³-hybridized carbons (Fsp3) is 0.600. The molecule has 2 unspecified atom stereocenters. The summed E-state index contributed by atoms with van der Waals surface area (Å²) in [6, 6.07) is 6.36. The van der Waals surface area contributed by atoms with E-state index in [1.165, 1.54) is 0 Å². The second-order valence-corrected chi connectivity index (χ2v) is 5.09. The quantitative estimate of drug-likeness (QED) is 0.856. The molecule has 0 radical (unpaired) electrons. The third kappa shape index (κ3) is 3.85. The first-order chi connectivity index (χ1) is 9.22. The Bertz CT molecular complexity index is 408. The number of ether oxygens (including phenoxy) is 2. The molecule has 2 N–H and O–H groups in total. The van der Waals surface area contributed by atoms with Crippen LogP contribution in [0.25, 0.3) is 0 Å². The van der Waals surface area contributed by atoms with Crippen molar-refractivity contribution in [2.24, 2.45) is 0 Å². The molecule has 2 atom stereocenters. The maximum atomic E-state index is 9.65. The van der Waals surface area contributed by atoms with E-state index in [1.807, 2.05) is 18.2 Å². The zero-order valence-electron chi connectivity index (χ0n) is 11.7. The van der Waals surface area contributed by atoms with Gasteiger partial charge in [-0.05, 0) is 43.4 Å². The first-order valence-corrected chi connectivity index (χ1v) is 6.85. The zero-order valence-corrected chi connectivity index (χ0v) is 11.7. The maximum Gasteiger partial charge on any atom is 0.161 e. The first kappa shape index (κ1) is 14.2. The Morgan fingerprint density at radius 2 is 2.00 bits per heavy atom. The fourth-order valence-electron chi connectivity index (χ4n) is 2.60. The Morgan fingerprint density at radius 3 is 2.68 bits per heavy atom. The standard InChI is InChI=1S/C15H23NO3/c1-18-14-7-6-11(8-15(14)19-2)10-16-12-4-3-5-13(17)9-12/h6-8,12-13,16-17H,3-5,9-10H2,1-2H3. The Hall–Kier alpha value is -1.26. The molecule has 106 valence electrons. The molecule has 0 spiro atoms. The van der Waals surface area contributed by atoms with Gasteiger partial charge >= 0.3 is 0 Å². The molecule has 19 heavy (non-hydrogen) atoms. The van der Waals surface area contributed by atoms with E-state index in [2.05, 4.69) is 5.32 Å². The Balaban J connectivity index is 1.92. The van der Waals surface area contributed by atoms with Crippen molar-refractivity contribution < 1.29 is 14.6 Å². The van der Waals surface area contributed by atoms with Crippen LogP contribution in [0.15, 0.2) is 18.2 Å². The van der Waals surface area contributed by atoms with Gasteiger partial charge < -0.3 is 19.9 Å². The molecule has 0 amide bonds. The van der Waals surface area contributed by atoms with Crippen molar-refractivity contribution in [1.82, 2.24) is 5.32 Å². The number of rotatable bonds is 5. The van der Waals surface area contributed by atoms with Gasteiger partial charge in [0.15, 0.2) is 11.5 Å². The lowest BCUT2D eigenvalue weighted by molar-refractivity contribution is 0.111. The van der Waals surface area contributed by atoms with Gasteiger partial charge in [-0.3, -0.25) is 0 Å². The lowest BCUT2D eigenvalue weighted by Crippen LogP contribution is -2.35. The Labute approximate surface area is 114 Å². The molecule has 1 aromatic carbocycles. The summed E-state index contributed by atoms with van der Waals surface area (Å²) < 4.78 is 10.5. The minimum atomic E-state index is -0.142. The largest absolute Gasteiger partial charge is 0.493 e. The molecule has 2 rings (SSSR count). The highest BCUT2D eigenvalue weighted by atomic mass is 16.5. The summed E-state index contributed by atoms with van der Waals surface area (Å²) in [6.45, 7) is 0.789. The molecule has 0 saturated heterocycles. The average molecular weight is 265 g/mol. The van der Waals surface area contributed by atoms with Gasteiger partial charge in [-0.15, -0.1) is 0 Å². The molecule has 0 aliphatic heterocycles. The number of aliphatic hydroxyl groups excluding tert-OH is 1. The molecule has 0 aromatic heterocycles. The smallest absolute Gasteiger partial charge is 0.161 e. The van der Waals surface area contributed by atoms with Crippen LogP contribution in [0.2, 0.25) is 0 Å². The van der Waals surface area contributed by atoms with Crippen LogP contribution in [-0.4, -0.2) is 31.5 Å². The minimum Gasteiger partial charge on any atom is -0.493 e. The molecule has 1 aliphatic carbocycles. The minimum absolute atomic E-state index is 0.142. The number of methoxy groups -OCH3 is 2. The molecule has 0 bridgehead atoms. The highest BCUT2D eigenvalue weighted by Crippen LogP contribution is 2.27. The molecular weight excluding hydrogens is 242 g/mol. The van der Waals surface area contributed by atoms with Crippen LogP contribution in [0.3, 0.4) is 0 Å². The third-order valence-electron chi connectivity index (χ3n) is 3.69. The lowest BCUT2D eigenvalue weighted by Gasteiger charge is -2.26. The topological polar surface area (TPSA) is 50.7 Å². The second kappa shape index (κ2) is 6.78. The van der Waals surface area contributed by atoms with Crippen molar-refractivity contribution in [3.8, 4) is 11.5 Å². The van der Waals surface area contributed by atoms with E-state index in [-0.39, 0.29) is 6.10 Å². The second-order valence-electron chi connectivity index (χ2n) is 5.09. The SMILES string of the molecule is COc1ccc(CNC2CCCC(O)C2)cc1OC. The molecule has 1 saturated carbocycles. The summed E-state index contributed by atoms with van der Waals surface area (Å²) >= 11 is 0. The van der Waals surface area contributed by atoms with Gasteiger partial charge in [0.05, 0.1) is 20.3 Å². The van der Waals surface area contributed by atoms with E-state index in [0.717, 1.165) is 49.3 Å². The molecule has 0 heterocycles. The van der Waals surface area contributed by atoms with E-state index >= 15 is 0 Å². The summed E-state index contributed by atoms with van der Waals surface area (Å²) in [6.07, 6.45) is 3.90. The first-order valence-electron chi connectivity index (χ1n) is 6.85. The van der Waals surface area contributed by atoms with Crippen molar-refractivity contribution in [2.45, 2.75) is 44.4 Å². The van der Waals surface area contributed by atoms with E-state index in [1.54, 1.807) is 14.2 Å². The van der Waals surface area contributed by atoms with Gasteiger partial charge in [0, 0.05) is 12.6 Å². The van der Waals surface area contributed by atoms with Gasteiger partial charge in [0.2, 0.25) is 0 Å². The third-order valence-corrected chi connectivity index (χ3v) is 3.69. The van der Waals surface area contributed by atoms with Gasteiger partial charge in [-0.1, -0.05) is 6.07 Å². The van der Waals surface area contributed by atoms with Crippen molar-refractivity contribution >= 4 is 0 Å². The summed E-state index contributed by atoms with van der Waals surface area (Å²) in [5, 5.41) is 13.2. The molecule has 1 aliphatic rings. The number of aliphatic hydroxyl groups is 1. The molecule has 4 heteroatoms. The highest BCUT2D eigenvalue weighted by molar-refractivity contribution is 5.42. The van der Waals surface area contributed by atoms with E-state index in [0.29, 0.717) is 6.04 Å². The van der Waals surface area contributed by atoms with Crippen LogP contribution in [0, 0.1) is 0 Å². The van der Waals surface area contributed by atoms with Gasteiger partial charge in [-0.2, -0.15) is 0 Å². The summed E-state index contributed by atoms with van der Waals surface area (Å²) in [7, 11) is 3.28. The Morgan fingerprint density at radius 1 is 1.21 bits per heavy atom. The number of benzene rings is 1. The average Bonchev–Trinajstić information content (AvgIpc) is 2.45. The Kier molecular flexibility index (Phi) is 5.05. The van der Waals surface area contributed by atoms with Crippen molar-refractivity contribution in [3.63, 3.8) is 0 Å². The van der Waals surface area contributed by atoms with Gasteiger partial charge in [0.1, 0.15) is 0 Å². The van der Waals surface area contributed by atoms with E-state index < -0.39 is 0 Å². The molecule has 1 fully saturated rings. The van der Waals surface area contributed by atoms with Crippen molar-refractivity contribution in [1.29, 1.82) is 0 Å². The predicted octanol–water partition coefficient (Wildman–Crippen LogP) is 2.10. The normalized spacial score (nSPS) is 23.1. The van der Waals surface area contributed by atoms with Crippen LogP contribution < -0.4 is 14.8 Å². The monoisotopic (exact) mass is 265 g/mol. The summed E-state index contributed by atoms with van der Waals surface area (Å²) in [5.74, 6) is 1.50. The van der Waals surface area contributed by atoms with E-state index in [9.17, 15) is 5.11 Å². The zero-order chi connectivity index (χ0) is 13.7. The van der Waals surface area contributed by atoms with E-state index in [4.69, 9.17) is 9.47 Å². The summed E-state index contributed by atoms with van der Waals surface area (Å²) in [5.41, 5.74) is 1.16. The van der Waals surface area contributed by atoms with Gasteiger partial charge in [0.25, 0.3) is 0 Å². The molecule has 1 aromatic rings. The van der Waals surface area contributed by atoms with Crippen LogP contribution in [-0.2, 0) is 6.54 Å². The van der Waals surface area contributed by atoms with Crippen molar-refractivity contribution in [2.75, 3.05) is 14.2 Å². The highest BCUT2D eigenvalue weighted by Gasteiger charge is 2.19. The number of hydrogen-bond donors (Lipinski definition) is 2.